The summed E-state index contributed by atoms with van der Waals surface area (Å²) in [4.78, 5) is 15.1. The summed E-state index contributed by atoms with van der Waals surface area (Å²) in [7, 11) is -3.75. The quantitative estimate of drug-likeness (QED) is 0.709. The van der Waals surface area contributed by atoms with Crippen LogP contribution in [0.2, 0.25) is 5.02 Å². The number of halogens is 2. The van der Waals surface area contributed by atoms with Crippen molar-refractivity contribution in [1.82, 2.24) is 14.5 Å². The molecule has 2 saturated heterocycles. The van der Waals surface area contributed by atoms with Crippen LogP contribution < -0.4 is 5.32 Å². The summed E-state index contributed by atoms with van der Waals surface area (Å²) in [5.74, 6) is -0.161. The van der Waals surface area contributed by atoms with Crippen molar-refractivity contribution in [1.29, 1.82) is 0 Å². The van der Waals surface area contributed by atoms with E-state index >= 15 is 0 Å². The van der Waals surface area contributed by atoms with Crippen LogP contribution in [0.3, 0.4) is 0 Å². The lowest BCUT2D eigenvalue weighted by Crippen LogP contribution is -2.49. The third-order valence-electron chi connectivity index (χ3n) is 5.91. The molecule has 0 saturated carbocycles. The number of benzene rings is 1. The van der Waals surface area contributed by atoms with Gasteiger partial charge in [-0.2, -0.15) is 4.31 Å². The number of piperidine rings is 2. The van der Waals surface area contributed by atoms with Crippen molar-refractivity contribution < 1.29 is 17.6 Å². The molecule has 3 rings (SSSR count). The van der Waals surface area contributed by atoms with E-state index in [0.29, 0.717) is 18.8 Å². The topological polar surface area (TPSA) is 69.7 Å². The third kappa shape index (κ3) is 5.72. The van der Waals surface area contributed by atoms with Crippen LogP contribution in [0.1, 0.15) is 39.5 Å². The SMILES string of the molecule is CC(C)CN1CCC(NC(=O)C2CCN(S(=O)(=O)c3ccc(F)c(Cl)c3)CC2)CC1. The van der Waals surface area contributed by atoms with E-state index in [0.717, 1.165) is 44.6 Å². The monoisotopic (exact) mass is 459 g/mol. The maximum atomic E-state index is 13.4. The Kier molecular flexibility index (Phi) is 7.76. The largest absolute Gasteiger partial charge is 0.353 e. The van der Waals surface area contributed by atoms with Gasteiger partial charge in [0.05, 0.1) is 9.92 Å². The van der Waals surface area contributed by atoms with Crippen LogP contribution in [0.15, 0.2) is 23.1 Å². The number of carbonyl (C=O) groups excluding carboxylic acids is 1. The fourth-order valence-corrected chi connectivity index (χ4v) is 5.98. The minimum Gasteiger partial charge on any atom is -0.353 e. The van der Waals surface area contributed by atoms with E-state index in [9.17, 15) is 17.6 Å². The number of rotatable bonds is 6. The van der Waals surface area contributed by atoms with Crippen LogP contribution >= 0.6 is 11.6 Å². The standard InChI is InChI=1S/C21H31ClFN3O3S/c1-15(2)14-25-9-7-17(8-10-25)24-21(27)16-5-11-26(12-6-16)30(28,29)18-3-4-20(23)19(22)13-18/h3-4,13,15-17H,5-12,14H2,1-2H3,(H,24,27). The molecule has 0 aromatic heterocycles. The fraction of sp³-hybridized carbons (Fsp3) is 0.667. The van der Waals surface area contributed by atoms with E-state index in [-0.39, 0.29) is 40.9 Å². The van der Waals surface area contributed by atoms with Gasteiger partial charge in [0, 0.05) is 44.7 Å². The van der Waals surface area contributed by atoms with E-state index < -0.39 is 15.8 Å². The lowest BCUT2D eigenvalue weighted by molar-refractivity contribution is -0.127. The molecule has 2 heterocycles. The predicted molar refractivity (Wildman–Crippen MR) is 115 cm³/mol. The molecule has 2 aliphatic heterocycles. The Morgan fingerprint density at radius 1 is 1.17 bits per heavy atom. The van der Waals surface area contributed by atoms with Gasteiger partial charge in [-0.15, -0.1) is 0 Å². The Hall–Kier alpha value is -1.22. The smallest absolute Gasteiger partial charge is 0.243 e. The van der Waals surface area contributed by atoms with Gasteiger partial charge in [0.2, 0.25) is 15.9 Å². The van der Waals surface area contributed by atoms with Gasteiger partial charge in [0.25, 0.3) is 0 Å². The average molecular weight is 460 g/mol. The molecular formula is C21H31ClFN3O3S. The Balaban J connectivity index is 1.49. The number of likely N-dealkylation sites (tertiary alicyclic amines) is 1. The fourth-order valence-electron chi connectivity index (χ4n) is 4.24. The molecule has 2 aliphatic rings. The first-order chi connectivity index (χ1) is 14.2. The summed E-state index contributed by atoms with van der Waals surface area (Å²) < 4.78 is 40.3. The van der Waals surface area contributed by atoms with E-state index in [1.807, 2.05) is 0 Å². The lowest BCUT2D eigenvalue weighted by Gasteiger charge is -2.35. The van der Waals surface area contributed by atoms with Crippen molar-refractivity contribution in [3.05, 3.63) is 29.0 Å². The highest BCUT2D eigenvalue weighted by Gasteiger charge is 2.33. The summed E-state index contributed by atoms with van der Waals surface area (Å²) in [6.45, 7) is 8.05. The lowest BCUT2D eigenvalue weighted by atomic mass is 9.95. The minimum atomic E-state index is -3.75. The Morgan fingerprint density at radius 2 is 1.80 bits per heavy atom. The highest BCUT2D eigenvalue weighted by Crippen LogP contribution is 2.27. The number of hydrogen-bond acceptors (Lipinski definition) is 4. The van der Waals surface area contributed by atoms with E-state index in [2.05, 4.69) is 24.1 Å². The molecule has 0 atom stereocenters. The molecule has 6 nitrogen and oxygen atoms in total. The molecule has 1 amide bonds. The van der Waals surface area contributed by atoms with Crippen LogP contribution in [-0.4, -0.2) is 62.3 Å². The first-order valence-corrected chi connectivity index (χ1v) is 12.5. The summed E-state index contributed by atoms with van der Waals surface area (Å²) >= 11 is 5.74. The molecule has 0 radical (unpaired) electrons. The van der Waals surface area contributed by atoms with Gasteiger partial charge < -0.3 is 10.2 Å². The zero-order valence-electron chi connectivity index (χ0n) is 17.6. The van der Waals surface area contributed by atoms with Gasteiger partial charge in [0.1, 0.15) is 5.82 Å². The normalized spacial score (nSPS) is 20.6. The zero-order valence-corrected chi connectivity index (χ0v) is 19.2. The van der Waals surface area contributed by atoms with Gasteiger partial charge in [-0.1, -0.05) is 25.4 Å². The molecule has 168 valence electrons. The number of nitrogens with zero attached hydrogens (tertiary/aromatic N) is 2. The molecule has 1 aromatic carbocycles. The van der Waals surface area contributed by atoms with Gasteiger partial charge in [0.15, 0.2) is 0 Å². The highest BCUT2D eigenvalue weighted by molar-refractivity contribution is 7.89. The van der Waals surface area contributed by atoms with Gasteiger partial charge >= 0.3 is 0 Å². The second-order valence-corrected chi connectivity index (χ2v) is 11.1. The Labute approximate surface area is 183 Å². The van der Waals surface area contributed by atoms with Crippen LogP contribution in [-0.2, 0) is 14.8 Å². The summed E-state index contributed by atoms with van der Waals surface area (Å²) in [6, 6.07) is 3.61. The maximum absolute atomic E-state index is 13.4. The van der Waals surface area contributed by atoms with Crippen molar-refractivity contribution in [3.63, 3.8) is 0 Å². The number of nitrogens with one attached hydrogen (secondary N) is 1. The van der Waals surface area contributed by atoms with Crippen molar-refractivity contribution in [2.45, 2.75) is 50.5 Å². The van der Waals surface area contributed by atoms with E-state index in [1.54, 1.807) is 0 Å². The first-order valence-electron chi connectivity index (χ1n) is 10.6. The predicted octanol–water partition coefficient (Wildman–Crippen LogP) is 3.12. The molecule has 9 heteroatoms. The van der Waals surface area contributed by atoms with Crippen LogP contribution in [0.25, 0.3) is 0 Å². The molecule has 0 aliphatic carbocycles. The van der Waals surface area contributed by atoms with Crippen molar-refractivity contribution in [2.24, 2.45) is 11.8 Å². The average Bonchev–Trinajstić information content (AvgIpc) is 2.71. The molecule has 0 unspecified atom stereocenters. The van der Waals surface area contributed by atoms with Crippen molar-refractivity contribution in [2.75, 3.05) is 32.7 Å². The van der Waals surface area contributed by atoms with E-state index in [1.165, 1.54) is 10.4 Å². The number of carbonyl (C=O) groups is 1. The molecule has 1 aromatic rings. The Morgan fingerprint density at radius 3 is 2.37 bits per heavy atom. The Bertz CT molecular complexity index is 849. The summed E-state index contributed by atoms with van der Waals surface area (Å²) in [5, 5.41) is 2.95. The maximum Gasteiger partial charge on any atom is 0.243 e. The number of sulfonamides is 1. The zero-order chi connectivity index (χ0) is 21.9. The number of amides is 1. The third-order valence-corrected chi connectivity index (χ3v) is 8.10. The minimum absolute atomic E-state index is 0.0232. The van der Waals surface area contributed by atoms with Crippen LogP contribution in [0.4, 0.5) is 4.39 Å². The van der Waals surface area contributed by atoms with Crippen molar-refractivity contribution >= 4 is 27.5 Å². The summed E-state index contributed by atoms with van der Waals surface area (Å²) in [6.07, 6.45) is 2.87. The molecule has 0 bridgehead atoms. The molecular weight excluding hydrogens is 429 g/mol. The van der Waals surface area contributed by atoms with Crippen LogP contribution in [0, 0.1) is 17.7 Å². The van der Waals surface area contributed by atoms with Gasteiger partial charge in [-0.25, -0.2) is 12.8 Å². The first kappa shape index (κ1) is 23.4. The second kappa shape index (κ2) is 9.94. The second-order valence-electron chi connectivity index (χ2n) is 8.73. The van der Waals surface area contributed by atoms with Crippen LogP contribution in [0.5, 0.6) is 0 Å². The van der Waals surface area contributed by atoms with Gasteiger partial charge in [-0.05, 0) is 49.8 Å². The molecule has 1 N–H and O–H groups in total. The van der Waals surface area contributed by atoms with E-state index in [4.69, 9.17) is 11.6 Å². The molecule has 30 heavy (non-hydrogen) atoms. The summed E-state index contributed by atoms with van der Waals surface area (Å²) in [5.41, 5.74) is 0. The molecule has 2 fully saturated rings. The molecule has 0 spiro atoms. The van der Waals surface area contributed by atoms with Crippen molar-refractivity contribution in [3.8, 4) is 0 Å². The highest BCUT2D eigenvalue weighted by atomic mass is 35.5. The van der Waals surface area contributed by atoms with Gasteiger partial charge in [-0.3, -0.25) is 4.79 Å². The number of hydrogen-bond donors (Lipinski definition) is 1.